The first kappa shape index (κ1) is 20.7. The van der Waals surface area contributed by atoms with E-state index in [1.165, 1.54) is 24.4 Å². The van der Waals surface area contributed by atoms with Gasteiger partial charge < -0.3 is 20.5 Å². The zero-order valence-corrected chi connectivity index (χ0v) is 15.4. The number of anilines is 2. The van der Waals surface area contributed by atoms with Gasteiger partial charge in [-0.1, -0.05) is 18.2 Å². The Bertz CT molecular complexity index is 877. The Morgan fingerprint density at radius 3 is 2.62 bits per heavy atom. The molecule has 0 aliphatic heterocycles. The number of hydrogen-bond donors (Lipinski definition) is 3. The molecule has 0 saturated heterocycles. The fraction of sp³-hybridized carbons (Fsp3) is 0.421. The van der Waals surface area contributed by atoms with Crippen LogP contribution in [0.4, 0.5) is 24.9 Å². The first-order chi connectivity index (χ1) is 13.8. The van der Waals surface area contributed by atoms with Crippen molar-refractivity contribution < 1.29 is 23.0 Å². The monoisotopic (exact) mass is 407 g/mol. The van der Waals surface area contributed by atoms with E-state index in [9.17, 15) is 23.5 Å². The Morgan fingerprint density at radius 2 is 1.93 bits per heavy atom. The molecular weight excluding hydrogens is 387 g/mol. The van der Waals surface area contributed by atoms with Gasteiger partial charge in [-0.3, -0.25) is 0 Å². The summed E-state index contributed by atoms with van der Waals surface area (Å²) in [7, 11) is 0. The molecule has 1 heterocycles. The average molecular weight is 407 g/mol. The number of para-hydroxylation sites is 1. The number of halogens is 3. The standard InChI is InChI=1S/C19H20F3N5O2/c20-19(21,22)29-16-4-2-1-3-12(16)10-24-18-25-11-13(9-23)17(27-18)26-14-5-7-15(28)8-6-14/h1-4,11,14-15,28H,5-8,10H2,(H2,24,25,26,27). The van der Waals surface area contributed by atoms with E-state index in [1.54, 1.807) is 6.07 Å². The van der Waals surface area contributed by atoms with Crippen molar-refractivity contribution in [3.05, 3.63) is 41.6 Å². The molecule has 154 valence electrons. The van der Waals surface area contributed by atoms with Gasteiger partial charge in [0.1, 0.15) is 23.2 Å². The maximum atomic E-state index is 12.5. The van der Waals surface area contributed by atoms with Gasteiger partial charge in [-0.2, -0.15) is 10.2 Å². The fourth-order valence-corrected chi connectivity index (χ4v) is 3.12. The maximum absolute atomic E-state index is 12.5. The molecule has 0 spiro atoms. The molecule has 0 amide bonds. The van der Waals surface area contributed by atoms with E-state index in [1.807, 2.05) is 6.07 Å². The van der Waals surface area contributed by atoms with Crippen LogP contribution < -0.4 is 15.4 Å². The van der Waals surface area contributed by atoms with Gasteiger partial charge >= 0.3 is 6.36 Å². The number of hydrogen-bond acceptors (Lipinski definition) is 7. The molecule has 7 nitrogen and oxygen atoms in total. The van der Waals surface area contributed by atoms with Crippen LogP contribution in [0.25, 0.3) is 0 Å². The Hall–Kier alpha value is -3.06. The molecule has 1 aromatic heterocycles. The van der Waals surface area contributed by atoms with Crippen LogP contribution in [0.1, 0.15) is 36.8 Å². The van der Waals surface area contributed by atoms with E-state index < -0.39 is 6.36 Å². The predicted octanol–water partition coefficient (Wildman–Crippen LogP) is 3.57. The molecule has 3 N–H and O–H groups in total. The van der Waals surface area contributed by atoms with Crippen molar-refractivity contribution >= 4 is 11.8 Å². The molecule has 1 saturated carbocycles. The number of aromatic nitrogens is 2. The average Bonchev–Trinajstić information content (AvgIpc) is 2.68. The minimum Gasteiger partial charge on any atom is -0.405 e. The van der Waals surface area contributed by atoms with Gasteiger partial charge in [-0.15, -0.1) is 13.2 Å². The Morgan fingerprint density at radius 1 is 1.21 bits per heavy atom. The second-order valence-corrected chi connectivity index (χ2v) is 6.73. The third kappa shape index (κ3) is 5.96. The minimum atomic E-state index is -4.79. The summed E-state index contributed by atoms with van der Waals surface area (Å²) in [4.78, 5) is 8.34. The quantitative estimate of drug-likeness (QED) is 0.673. The number of nitriles is 1. The van der Waals surface area contributed by atoms with E-state index in [0.717, 1.165) is 12.8 Å². The summed E-state index contributed by atoms with van der Waals surface area (Å²) < 4.78 is 41.7. The summed E-state index contributed by atoms with van der Waals surface area (Å²) in [6.07, 6.45) is -0.886. The first-order valence-electron chi connectivity index (χ1n) is 9.13. The highest BCUT2D eigenvalue weighted by Crippen LogP contribution is 2.27. The normalized spacial score (nSPS) is 19.3. The molecule has 10 heteroatoms. The Kier molecular flexibility index (Phi) is 6.39. The third-order valence-corrected chi connectivity index (χ3v) is 4.58. The molecule has 1 fully saturated rings. The van der Waals surface area contributed by atoms with Crippen LogP contribution in [-0.4, -0.2) is 33.6 Å². The minimum absolute atomic E-state index is 0.00716. The Labute approximate surface area is 165 Å². The second kappa shape index (κ2) is 8.96. The fourth-order valence-electron chi connectivity index (χ4n) is 3.12. The van der Waals surface area contributed by atoms with Crippen molar-refractivity contribution in [3.63, 3.8) is 0 Å². The molecule has 0 atom stereocenters. The number of ether oxygens (including phenoxy) is 1. The largest absolute Gasteiger partial charge is 0.573 e. The molecule has 3 rings (SSSR count). The van der Waals surface area contributed by atoms with Crippen LogP contribution in [0.5, 0.6) is 5.75 Å². The van der Waals surface area contributed by atoms with Gasteiger partial charge in [0.05, 0.1) is 12.3 Å². The number of nitrogens with one attached hydrogen (secondary N) is 2. The van der Waals surface area contributed by atoms with Crippen LogP contribution in [0, 0.1) is 11.3 Å². The molecular formula is C19H20F3N5O2. The van der Waals surface area contributed by atoms with Crippen LogP contribution in [0.15, 0.2) is 30.5 Å². The van der Waals surface area contributed by atoms with Gasteiger partial charge in [0.25, 0.3) is 0 Å². The highest BCUT2D eigenvalue weighted by atomic mass is 19.4. The van der Waals surface area contributed by atoms with Gasteiger partial charge in [-0.25, -0.2) is 4.98 Å². The summed E-state index contributed by atoms with van der Waals surface area (Å²) in [5.41, 5.74) is 0.552. The van der Waals surface area contributed by atoms with Gasteiger partial charge in [0.2, 0.25) is 5.95 Å². The van der Waals surface area contributed by atoms with E-state index in [-0.39, 0.29) is 41.5 Å². The number of rotatable bonds is 6. The van der Waals surface area contributed by atoms with Gasteiger partial charge in [0.15, 0.2) is 0 Å². The van der Waals surface area contributed by atoms with Gasteiger partial charge in [-0.05, 0) is 31.7 Å². The lowest BCUT2D eigenvalue weighted by Gasteiger charge is -2.26. The van der Waals surface area contributed by atoms with Crippen molar-refractivity contribution in [2.24, 2.45) is 0 Å². The summed E-state index contributed by atoms with van der Waals surface area (Å²) in [5.74, 6) is 0.218. The van der Waals surface area contributed by atoms with Crippen LogP contribution in [0.3, 0.4) is 0 Å². The van der Waals surface area contributed by atoms with Gasteiger partial charge in [0, 0.05) is 18.2 Å². The number of aliphatic hydroxyl groups excluding tert-OH is 1. The first-order valence-corrected chi connectivity index (χ1v) is 9.13. The maximum Gasteiger partial charge on any atom is 0.573 e. The number of aliphatic hydroxyl groups is 1. The SMILES string of the molecule is N#Cc1cnc(NCc2ccccc2OC(F)(F)F)nc1NC1CCC(O)CC1. The van der Waals surface area contributed by atoms with Crippen molar-refractivity contribution in [3.8, 4) is 11.8 Å². The highest BCUT2D eigenvalue weighted by molar-refractivity contribution is 5.54. The molecule has 1 aliphatic carbocycles. The van der Waals surface area contributed by atoms with Crippen molar-refractivity contribution in [1.82, 2.24) is 9.97 Å². The molecule has 1 aromatic carbocycles. The number of nitrogens with zero attached hydrogens (tertiary/aromatic N) is 3. The zero-order chi connectivity index (χ0) is 20.9. The zero-order valence-electron chi connectivity index (χ0n) is 15.4. The Balaban J connectivity index is 1.70. The number of alkyl halides is 3. The lowest BCUT2D eigenvalue weighted by Crippen LogP contribution is -2.29. The van der Waals surface area contributed by atoms with Crippen LogP contribution >= 0.6 is 0 Å². The molecule has 0 bridgehead atoms. The summed E-state index contributed by atoms with van der Waals surface area (Å²) >= 11 is 0. The highest BCUT2D eigenvalue weighted by Gasteiger charge is 2.32. The van der Waals surface area contributed by atoms with E-state index in [2.05, 4.69) is 25.3 Å². The molecule has 1 aliphatic rings. The molecule has 0 unspecified atom stereocenters. The summed E-state index contributed by atoms with van der Waals surface area (Å²) in [6.45, 7) is 0.00716. The van der Waals surface area contributed by atoms with Crippen molar-refractivity contribution in [1.29, 1.82) is 5.26 Å². The van der Waals surface area contributed by atoms with Crippen molar-refractivity contribution in [2.45, 2.75) is 50.7 Å². The summed E-state index contributed by atoms with van der Waals surface area (Å²) in [6, 6.07) is 7.88. The van der Waals surface area contributed by atoms with E-state index in [0.29, 0.717) is 18.7 Å². The molecule has 2 aromatic rings. The number of benzene rings is 1. The third-order valence-electron chi connectivity index (χ3n) is 4.58. The lowest BCUT2D eigenvalue weighted by atomic mass is 9.93. The van der Waals surface area contributed by atoms with Crippen LogP contribution in [-0.2, 0) is 6.54 Å². The summed E-state index contributed by atoms with van der Waals surface area (Å²) in [5, 5.41) is 25.0. The van der Waals surface area contributed by atoms with Crippen molar-refractivity contribution in [2.75, 3.05) is 10.6 Å². The predicted molar refractivity (Wildman–Crippen MR) is 99.1 cm³/mol. The second-order valence-electron chi connectivity index (χ2n) is 6.73. The molecule has 0 radical (unpaired) electrons. The topological polar surface area (TPSA) is 103 Å². The van der Waals surface area contributed by atoms with Crippen LogP contribution in [0.2, 0.25) is 0 Å². The smallest absolute Gasteiger partial charge is 0.405 e. The lowest BCUT2D eigenvalue weighted by molar-refractivity contribution is -0.274. The molecule has 29 heavy (non-hydrogen) atoms. The van der Waals surface area contributed by atoms with E-state index >= 15 is 0 Å². The van der Waals surface area contributed by atoms with E-state index in [4.69, 9.17) is 0 Å².